The van der Waals surface area contributed by atoms with Gasteiger partial charge in [-0.25, -0.2) is 13.5 Å². The Morgan fingerprint density at radius 2 is 1.77 bits per heavy atom. The van der Waals surface area contributed by atoms with Crippen molar-refractivity contribution in [1.82, 2.24) is 19.5 Å². The van der Waals surface area contributed by atoms with Crippen molar-refractivity contribution >= 4 is 27.9 Å². The van der Waals surface area contributed by atoms with Crippen molar-refractivity contribution in [2.75, 3.05) is 19.7 Å². The van der Waals surface area contributed by atoms with E-state index in [1.165, 1.54) is 5.56 Å². The number of benzene rings is 3. The number of hydrogen-bond acceptors (Lipinski definition) is 6. The summed E-state index contributed by atoms with van der Waals surface area (Å²) in [4.78, 5) is 21.3. The molecule has 2 N–H and O–H groups in total. The van der Waals surface area contributed by atoms with E-state index in [1.807, 2.05) is 91.8 Å². The second-order valence-corrected chi connectivity index (χ2v) is 16.0. The average molecular weight is 663 g/mol. The molecule has 0 unspecified atom stereocenters. The fraction of sp³-hybridized carbons (Fsp3) is 0.333. The van der Waals surface area contributed by atoms with Gasteiger partial charge in [0.05, 0.1) is 16.5 Å². The van der Waals surface area contributed by atoms with Gasteiger partial charge in [0.15, 0.2) is 0 Å². The minimum Gasteiger partial charge on any atom is -0.456 e. The summed E-state index contributed by atoms with van der Waals surface area (Å²) < 4.78 is 21.5. The third-order valence-corrected chi connectivity index (χ3v) is 11.1. The number of likely N-dealkylation sites (tertiary alicyclic amines) is 1. The predicted molar refractivity (Wildman–Crippen MR) is 190 cm³/mol. The van der Waals surface area contributed by atoms with Gasteiger partial charge in [-0.05, 0) is 69.0 Å². The summed E-state index contributed by atoms with van der Waals surface area (Å²) in [5.74, 6) is 0.528. The summed E-state index contributed by atoms with van der Waals surface area (Å²) in [6, 6.07) is 29.9. The molecule has 2 aromatic heterocycles. The van der Waals surface area contributed by atoms with Crippen LogP contribution in [0.2, 0.25) is 0 Å². The number of hydrogen-bond donors (Lipinski definition) is 2. The first-order valence-electron chi connectivity index (χ1n) is 16.7. The third kappa shape index (κ3) is 6.60. The first-order chi connectivity index (χ1) is 23.2. The molecular formula is C39H42N4O4S. The maximum atomic E-state index is 13.9. The number of carbonyl (C=O) groups is 1. The van der Waals surface area contributed by atoms with Gasteiger partial charge in [-0.15, -0.1) is 0 Å². The van der Waals surface area contributed by atoms with Gasteiger partial charge in [-0.3, -0.25) is 9.69 Å². The topological polar surface area (TPSA) is 98.9 Å². The molecule has 4 heterocycles. The lowest BCUT2D eigenvalue weighted by molar-refractivity contribution is 0.0932. The van der Waals surface area contributed by atoms with E-state index in [0.717, 1.165) is 65.0 Å². The summed E-state index contributed by atoms with van der Waals surface area (Å²) in [6.45, 7) is 8.74. The van der Waals surface area contributed by atoms with Crippen LogP contribution >= 0.6 is 0 Å². The normalized spacial score (nSPS) is 19.1. The second-order valence-electron chi connectivity index (χ2n) is 13.8. The van der Waals surface area contributed by atoms with Gasteiger partial charge in [-0.1, -0.05) is 66.7 Å². The van der Waals surface area contributed by atoms with Gasteiger partial charge >= 0.3 is 0 Å². The zero-order valence-corrected chi connectivity index (χ0v) is 28.5. The number of amides is 1. The minimum absolute atomic E-state index is 0.0168. The maximum absolute atomic E-state index is 13.9. The van der Waals surface area contributed by atoms with Gasteiger partial charge in [0.25, 0.3) is 5.91 Å². The van der Waals surface area contributed by atoms with Gasteiger partial charge < -0.3 is 14.8 Å². The summed E-state index contributed by atoms with van der Waals surface area (Å²) in [5, 5.41) is 14.4. The highest BCUT2D eigenvalue weighted by Gasteiger charge is 2.40. The van der Waals surface area contributed by atoms with E-state index in [-0.39, 0.29) is 24.6 Å². The molecule has 8 nitrogen and oxygen atoms in total. The van der Waals surface area contributed by atoms with Crippen LogP contribution in [0.3, 0.4) is 0 Å². The quantitative estimate of drug-likeness (QED) is 0.179. The van der Waals surface area contributed by atoms with Crippen molar-refractivity contribution in [3.05, 3.63) is 113 Å². The molecule has 0 bridgehead atoms. The fourth-order valence-electron chi connectivity index (χ4n) is 6.94. The highest BCUT2D eigenvalue weighted by molar-refractivity contribution is 7.84. The number of carbonyl (C=O) groups excluding carboxylic acids is 1. The molecule has 3 atom stereocenters. The summed E-state index contributed by atoms with van der Waals surface area (Å²) in [5.41, 5.74) is 6.63. The molecule has 0 radical (unpaired) electrons. The fourth-order valence-corrected chi connectivity index (χ4v) is 8.35. The van der Waals surface area contributed by atoms with E-state index in [0.29, 0.717) is 24.4 Å². The first-order valence-corrected chi connectivity index (χ1v) is 17.8. The molecule has 1 amide bonds. The average Bonchev–Trinajstić information content (AvgIpc) is 3.81. The van der Waals surface area contributed by atoms with E-state index in [2.05, 4.69) is 34.5 Å². The molecule has 1 fully saturated rings. The van der Waals surface area contributed by atoms with Crippen LogP contribution in [0.5, 0.6) is 0 Å². The highest BCUT2D eigenvalue weighted by atomic mass is 32.2. The maximum Gasteiger partial charge on any atom is 0.270 e. The zero-order valence-electron chi connectivity index (χ0n) is 27.7. The Morgan fingerprint density at radius 3 is 2.54 bits per heavy atom. The number of fused-ring (bicyclic) bond motifs is 2. The number of nitrogens with one attached hydrogen (secondary N) is 1. The van der Waals surface area contributed by atoms with Crippen LogP contribution in [0.1, 0.15) is 66.8 Å². The van der Waals surface area contributed by atoms with Crippen molar-refractivity contribution in [1.29, 1.82) is 0 Å². The van der Waals surface area contributed by atoms with Gasteiger partial charge in [0.2, 0.25) is 0 Å². The number of para-hydroxylation sites is 1. The van der Waals surface area contributed by atoms with E-state index in [1.54, 1.807) is 0 Å². The smallest absolute Gasteiger partial charge is 0.270 e. The molecule has 2 aliphatic rings. The number of pyridine rings is 1. The van der Waals surface area contributed by atoms with E-state index in [4.69, 9.17) is 9.40 Å². The molecule has 7 rings (SSSR count). The van der Waals surface area contributed by atoms with Crippen molar-refractivity contribution in [3.8, 4) is 22.6 Å². The van der Waals surface area contributed by atoms with Crippen molar-refractivity contribution in [2.24, 2.45) is 0 Å². The monoisotopic (exact) mass is 662 g/mol. The second kappa shape index (κ2) is 13.4. The van der Waals surface area contributed by atoms with Gasteiger partial charge in [-0.2, -0.15) is 0 Å². The number of furan rings is 1. The van der Waals surface area contributed by atoms with Crippen LogP contribution in [-0.4, -0.2) is 59.9 Å². The van der Waals surface area contributed by atoms with Crippen molar-refractivity contribution < 1.29 is 18.5 Å². The first kappa shape index (κ1) is 32.4. The summed E-state index contributed by atoms with van der Waals surface area (Å²) in [6.07, 6.45) is 1.27. The molecular weight excluding hydrogens is 621 g/mol. The Kier molecular flexibility index (Phi) is 9.04. The van der Waals surface area contributed by atoms with Crippen molar-refractivity contribution in [2.45, 2.75) is 63.5 Å². The van der Waals surface area contributed by atoms with Gasteiger partial charge in [0.1, 0.15) is 28.0 Å². The number of aliphatic hydroxyl groups is 1. The Bertz CT molecular complexity index is 1940. The number of aromatic nitrogens is 1. The molecule has 48 heavy (non-hydrogen) atoms. The lowest BCUT2D eigenvalue weighted by atomic mass is 9.94. The van der Waals surface area contributed by atoms with E-state index >= 15 is 0 Å². The number of rotatable bonds is 9. The minimum atomic E-state index is -1.35. The standard InChI is InChI=1S/C39H42N4O4S/c1-39(2,3)48(46)43-24-30-21-32(38(45)40-31-16-18-42(25-31)23-26-10-5-4-6-11-26)41-37(36(30)33(43)17-19-44)29-14-9-13-27(20-29)35-22-28-12-7-8-15-34(28)47-35/h4-15,20-22,31,33,44H,16-19,23-25H2,1-3H3,(H,40,45)/t31-,33-,48-/m1/s1. The Morgan fingerprint density at radius 1 is 1.00 bits per heavy atom. The Labute approximate surface area is 284 Å². The molecule has 5 aromatic rings. The largest absolute Gasteiger partial charge is 0.456 e. The molecule has 9 heteroatoms. The molecule has 2 aliphatic heterocycles. The molecule has 3 aromatic carbocycles. The third-order valence-electron chi connectivity index (χ3n) is 9.23. The molecule has 0 spiro atoms. The predicted octanol–water partition coefficient (Wildman–Crippen LogP) is 6.87. The summed E-state index contributed by atoms with van der Waals surface area (Å²) >= 11 is 0. The number of aliphatic hydroxyl groups excluding tert-OH is 1. The van der Waals surface area contributed by atoms with Crippen LogP contribution < -0.4 is 5.32 Å². The van der Waals surface area contributed by atoms with Crippen LogP contribution in [0.4, 0.5) is 0 Å². The summed E-state index contributed by atoms with van der Waals surface area (Å²) in [7, 11) is -1.35. The van der Waals surface area contributed by atoms with Crippen LogP contribution in [0.25, 0.3) is 33.6 Å². The van der Waals surface area contributed by atoms with Crippen LogP contribution in [0.15, 0.2) is 95.4 Å². The Balaban J connectivity index is 1.24. The Hall–Kier alpha value is -4.15. The lowest BCUT2D eigenvalue weighted by Crippen LogP contribution is -2.37. The van der Waals surface area contributed by atoms with E-state index in [9.17, 15) is 14.1 Å². The van der Waals surface area contributed by atoms with Crippen LogP contribution in [0, 0.1) is 0 Å². The molecule has 248 valence electrons. The number of nitrogens with zero attached hydrogens (tertiary/aromatic N) is 3. The van der Waals surface area contributed by atoms with Crippen molar-refractivity contribution in [3.63, 3.8) is 0 Å². The SMILES string of the molecule is CC(C)(C)[S@@](=O)N1Cc2cc(C(=O)N[C@@H]3CCN(Cc4ccccc4)C3)nc(-c3cccc(-c4cc5ccccc5o4)c3)c2[C@H]1CCO. The molecule has 1 saturated heterocycles. The lowest BCUT2D eigenvalue weighted by Gasteiger charge is -2.30. The molecule has 0 aliphatic carbocycles. The van der Waals surface area contributed by atoms with Crippen LogP contribution in [-0.2, 0) is 24.1 Å². The van der Waals surface area contributed by atoms with Gasteiger partial charge in [0, 0.05) is 60.9 Å². The molecule has 0 saturated carbocycles. The van der Waals surface area contributed by atoms with E-state index < -0.39 is 15.7 Å². The highest BCUT2D eigenvalue weighted by Crippen LogP contribution is 2.44. The zero-order chi connectivity index (χ0) is 33.4.